The Morgan fingerprint density at radius 1 is 1.62 bits per heavy atom. The summed E-state index contributed by atoms with van der Waals surface area (Å²) in [6.07, 6.45) is 0. The molecular weight excluding hydrogens is 253 g/mol. The molecule has 0 N–H and O–H groups in total. The van der Waals surface area contributed by atoms with Crippen molar-refractivity contribution in [3.8, 4) is 6.07 Å². The number of nitrogens with zero attached hydrogens (tertiary/aromatic N) is 1. The zero-order valence-corrected chi connectivity index (χ0v) is 8.89. The standard InChI is InChI=1S/C9H5BrClNO/c10-8-2-1-6(5-12)3-7(8)9(13)4-11/h1-3H,4H2. The van der Waals surface area contributed by atoms with Gasteiger partial charge in [0, 0.05) is 10.0 Å². The van der Waals surface area contributed by atoms with Crippen LogP contribution in [0.15, 0.2) is 22.7 Å². The fraction of sp³-hybridized carbons (Fsp3) is 0.111. The lowest BCUT2D eigenvalue weighted by Crippen LogP contribution is -2.01. The van der Waals surface area contributed by atoms with E-state index in [9.17, 15) is 4.79 Å². The van der Waals surface area contributed by atoms with Gasteiger partial charge in [-0.1, -0.05) is 15.9 Å². The van der Waals surface area contributed by atoms with Crippen LogP contribution < -0.4 is 0 Å². The van der Waals surface area contributed by atoms with Crippen molar-refractivity contribution in [3.63, 3.8) is 0 Å². The maximum absolute atomic E-state index is 11.2. The molecule has 0 radical (unpaired) electrons. The number of rotatable bonds is 2. The molecular formula is C9H5BrClNO. The summed E-state index contributed by atoms with van der Waals surface area (Å²) in [6, 6.07) is 6.78. The van der Waals surface area contributed by atoms with Crippen LogP contribution in [0, 0.1) is 11.3 Å². The third-order valence-electron chi connectivity index (χ3n) is 1.52. The molecule has 1 aromatic rings. The molecule has 0 amide bonds. The van der Waals surface area contributed by atoms with E-state index in [1.54, 1.807) is 12.1 Å². The zero-order valence-electron chi connectivity index (χ0n) is 6.55. The maximum atomic E-state index is 11.2. The molecule has 0 aliphatic carbocycles. The molecule has 1 rings (SSSR count). The predicted octanol–water partition coefficient (Wildman–Crippen LogP) is 2.74. The van der Waals surface area contributed by atoms with E-state index in [4.69, 9.17) is 16.9 Å². The van der Waals surface area contributed by atoms with Crippen molar-refractivity contribution >= 4 is 33.3 Å². The molecule has 2 nitrogen and oxygen atoms in total. The van der Waals surface area contributed by atoms with Crippen molar-refractivity contribution in [1.29, 1.82) is 5.26 Å². The van der Waals surface area contributed by atoms with E-state index < -0.39 is 0 Å². The Balaban J connectivity index is 3.20. The van der Waals surface area contributed by atoms with Crippen LogP contribution in [0.4, 0.5) is 0 Å². The van der Waals surface area contributed by atoms with E-state index in [-0.39, 0.29) is 11.7 Å². The van der Waals surface area contributed by atoms with Gasteiger partial charge < -0.3 is 0 Å². The van der Waals surface area contributed by atoms with Crippen molar-refractivity contribution in [3.05, 3.63) is 33.8 Å². The Kier molecular flexibility index (Phi) is 3.47. The average Bonchev–Trinajstić information content (AvgIpc) is 2.17. The van der Waals surface area contributed by atoms with Crippen LogP contribution in [-0.2, 0) is 0 Å². The zero-order chi connectivity index (χ0) is 9.84. The van der Waals surface area contributed by atoms with Crippen LogP contribution in [0.1, 0.15) is 15.9 Å². The van der Waals surface area contributed by atoms with Crippen molar-refractivity contribution in [1.82, 2.24) is 0 Å². The van der Waals surface area contributed by atoms with Crippen LogP contribution in [0.25, 0.3) is 0 Å². The van der Waals surface area contributed by atoms with E-state index in [1.807, 2.05) is 6.07 Å². The van der Waals surface area contributed by atoms with E-state index in [2.05, 4.69) is 15.9 Å². The van der Waals surface area contributed by atoms with Crippen LogP contribution in [0.5, 0.6) is 0 Å². The highest BCUT2D eigenvalue weighted by Gasteiger charge is 2.09. The third kappa shape index (κ3) is 2.30. The lowest BCUT2D eigenvalue weighted by molar-refractivity contribution is 0.102. The fourth-order valence-electron chi connectivity index (χ4n) is 0.880. The predicted molar refractivity (Wildman–Crippen MR) is 53.9 cm³/mol. The molecule has 0 unspecified atom stereocenters. The number of Topliss-reactive ketones (excluding diaryl/α,β-unsaturated/α-hetero) is 1. The van der Waals surface area contributed by atoms with Gasteiger partial charge in [-0.25, -0.2) is 0 Å². The van der Waals surface area contributed by atoms with Crippen LogP contribution >= 0.6 is 27.5 Å². The molecule has 0 heterocycles. The van der Waals surface area contributed by atoms with Crippen LogP contribution in [0.3, 0.4) is 0 Å². The van der Waals surface area contributed by atoms with Gasteiger partial charge in [0.15, 0.2) is 5.78 Å². The quantitative estimate of drug-likeness (QED) is 0.604. The molecule has 0 atom stereocenters. The smallest absolute Gasteiger partial charge is 0.178 e. The second-order valence-corrected chi connectivity index (χ2v) is 3.48. The van der Waals surface area contributed by atoms with Crippen molar-refractivity contribution in [2.45, 2.75) is 0 Å². The first kappa shape index (κ1) is 10.2. The highest BCUT2D eigenvalue weighted by molar-refractivity contribution is 9.10. The minimum Gasteiger partial charge on any atom is -0.293 e. The monoisotopic (exact) mass is 257 g/mol. The largest absolute Gasteiger partial charge is 0.293 e. The van der Waals surface area contributed by atoms with Gasteiger partial charge in [0.2, 0.25) is 0 Å². The Hall–Kier alpha value is -0.850. The molecule has 0 spiro atoms. The molecule has 4 heteroatoms. The molecule has 13 heavy (non-hydrogen) atoms. The molecule has 66 valence electrons. The SMILES string of the molecule is N#Cc1ccc(Br)c(C(=O)CCl)c1. The number of halogens is 2. The van der Waals surface area contributed by atoms with Crippen LogP contribution in [-0.4, -0.2) is 11.7 Å². The second kappa shape index (κ2) is 4.40. The van der Waals surface area contributed by atoms with Crippen molar-refractivity contribution in [2.24, 2.45) is 0 Å². The van der Waals surface area contributed by atoms with Gasteiger partial charge in [0.25, 0.3) is 0 Å². The average molecular weight is 259 g/mol. The Morgan fingerprint density at radius 2 is 2.31 bits per heavy atom. The lowest BCUT2D eigenvalue weighted by atomic mass is 10.1. The summed E-state index contributed by atoms with van der Waals surface area (Å²) in [4.78, 5) is 11.2. The highest BCUT2D eigenvalue weighted by atomic mass is 79.9. The number of nitriles is 1. The first-order valence-corrected chi connectivity index (χ1v) is 4.80. The van der Waals surface area contributed by atoms with E-state index in [1.165, 1.54) is 6.07 Å². The number of hydrogen-bond donors (Lipinski definition) is 0. The lowest BCUT2D eigenvalue weighted by Gasteiger charge is -2.00. The molecule has 0 aliphatic rings. The summed E-state index contributed by atoms with van der Waals surface area (Å²) in [5.41, 5.74) is 0.908. The summed E-state index contributed by atoms with van der Waals surface area (Å²) in [5, 5.41) is 8.60. The first-order chi connectivity index (χ1) is 6.19. The number of benzene rings is 1. The Labute approximate surface area is 89.3 Å². The minimum atomic E-state index is -0.189. The minimum absolute atomic E-state index is 0.0759. The van der Waals surface area contributed by atoms with Gasteiger partial charge >= 0.3 is 0 Å². The van der Waals surface area contributed by atoms with Crippen LogP contribution in [0.2, 0.25) is 0 Å². The summed E-state index contributed by atoms with van der Waals surface area (Å²) < 4.78 is 0.664. The normalized spacial score (nSPS) is 9.31. The topological polar surface area (TPSA) is 40.9 Å². The van der Waals surface area contributed by atoms with E-state index in [0.717, 1.165) is 0 Å². The Morgan fingerprint density at radius 3 is 2.85 bits per heavy atom. The Bertz CT molecular complexity index is 384. The van der Waals surface area contributed by atoms with Gasteiger partial charge in [-0.2, -0.15) is 5.26 Å². The van der Waals surface area contributed by atoms with Gasteiger partial charge in [0.1, 0.15) is 0 Å². The molecule has 0 fully saturated rings. The van der Waals surface area contributed by atoms with Gasteiger partial charge in [-0.3, -0.25) is 4.79 Å². The number of carbonyl (C=O) groups is 1. The summed E-state index contributed by atoms with van der Waals surface area (Å²) in [7, 11) is 0. The molecule has 0 bridgehead atoms. The molecule has 0 aliphatic heterocycles. The summed E-state index contributed by atoms with van der Waals surface area (Å²) in [6.45, 7) is 0. The molecule has 0 saturated heterocycles. The highest BCUT2D eigenvalue weighted by Crippen LogP contribution is 2.18. The van der Waals surface area contributed by atoms with E-state index >= 15 is 0 Å². The summed E-state index contributed by atoms with van der Waals surface area (Å²) in [5.74, 6) is -0.265. The van der Waals surface area contributed by atoms with E-state index in [0.29, 0.717) is 15.6 Å². The first-order valence-electron chi connectivity index (χ1n) is 3.48. The van der Waals surface area contributed by atoms with Crippen molar-refractivity contribution < 1.29 is 4.79 Å². The van der Waals surface area contributed by atoms with Gasteiger partial charge in [-0.15, -0.1) is 11.6 Å². The second-order valence-electron chi connectivity index (χ2n) is 2.36. The van der Waals surface area contributed by atoms with Gasteiger partial charge in [-0.05, 0) is 18.2 Å². The molecule has 0 saturated carbocycles. The summed E-state index contributed by atoms with van der Waals surface area (Å²) >= 11 is 8.61. The number of hydrogen-bond acceptors (Lipinski definition) is 2. The molecule has 0 aromatic heterocycles. The molecule has 1 aromatic carbocycles. The number of alkyl halides is 1. The number of carbonyl (C=O) groups excluding carboxylic acids is 1. The maximum Gasteiger partial charge on any atom is 0.178 e. The fourth-order valence-corrected chi connectivity index (χ4v) is 1.49. The third-order valence-corrected chi connectivity index (χ3v) is 2.45. The van der Waals surface area contributed by atoms with Crippen molar-refractivity contribution in [2.75, 3.05) is 5.88 Å². The number of ketones is 1. The van der Waals surface area contributed by atoms with Gasteiger partial charge in [0.05, 0.1) is 17.5 Å².